The van der Waals surface area contributed by atoms with Crippen molar-refractivity contribution in [3.05, 3.63) is 29.3 Å². The van der Waals surface area contributed by atoms with Gasteiger partial charge in [-0.3, -0.25) is 0 Å². The Morgan fingerprint density at radius 3 is 2.43 bits per heavy atom. The highest BCUT2D eigenvalue weighted by Gasteiger charge is 2.24. The van der Waals surface area contributed by atoms with Crippen molar-refractivity contribution in [2.45, 2.75) is 45.6 Å². The zero-order chi connectivity index (χ0) is 16.0. The molecule has 120 valence electrons. The van der Waals surface area contributed by atoms with Crippen LogP contribution in [-0.2, 0) is 23.0 Å². The molecule has 1 aromatic carbocycles. The summed E-state index contributed by atoms with van der Waals surface area (Å²) < 4.78 is 27.0. The van der Waals surface area contributed by atoms with Crippen LogP contribution in [0.5, 0.6) is 0 Å². The molecular formula is C16H28N2O2S. The van der Waals surface area contributed by atoms with Gasteiger partial charge in [-0.15, -0.1) is 0 Å². The molecule has 0 saturated carbocycles. The minimum Gasteiger partial charge on any atom is -0.313 e. The standard InChI is InChI=1S/C16H28N2O2S/c1-6-15-9-8-14(11-17-7-2)10-16(15)21(19,20)18(5)12-13(3)4/h8-10,13,17H,6-7,11-12H2,1-5H3. The van der Waals surface area contributed by atoms with Gasteiger partial charge in [0.25, 0.3) is 0 Å². The zero-order valence-electron chi connectivity index (χ0n) is 13.8. The topological polar surface area (TPSA) is 49.4 Å². The average Bonchev–Trinajstić information content (AvgIpc) is 2.44. The molecule has 0 spiro atoms. The fourth-order valence-electron chi connectivity index (χ4n) is 2.29. The Balaban J connectivity index is 3.18. The number of hydrogen-bond acceptors (Lipinski definition) is 3. The molecule has 0 bridgehead atoms. The first kappa shape index (κ1) is 18.1. The lowest BCUT2D eigenvalue weighted by molar-refractivity contribution is 0.416. The summed E-state index contributed by atoms with van der Waals surface area (Å²) in [6, 6.07) is 5.75. The van der Waals surface area contributed by atoms with Crippen molar-refractivity contribution in [1.82, 2.24) is 9.62 Å². The van der Waals surface area contributed by atoms with E-state index in [2.05, 4.69) is 5.32 Å². The van der Waals surface area contributed by atoms with Crippen molar-refractivity contribution < 1.29 is 8.42 Å². The van der Waals surface area contributed by atoms with Crippen molar-refractivity contribution in [3.8, 4) is 0 Å². The van der Waals surface area contributed by atoms with Crippen molar-refractivity contribution in [3.63, 3.8) is 0 Å². The van der Waals surface area contributed by atoms with E-state index in [-0.39, 0.29) is 0 Å². The normalized spacial score (nSPS) is 12.3. The Kier molecular flexibility index (Phi) is 6.84. The number of benzene rings is 1. The highest BCUT2D eigenvalue weighted by Crippen LogP contribution is 2.22. The van der Waals surface area contributed by atoms with Gasteiger partial charge >= 0.3 is 0 Å². The van der Waals surface area contributed by atoms with Crippen LogP contribution in [-0.4, -0.2) is 32.9 Å². The van der Waals surface area contributed by atoms with Gasteiger partial charge in [-0.1, -0.05) is 39.8 Å². The summed E-state index contributed by atoms with van der Waals surface area (Å²) in [6.07, 6.45) is 0.714. The van der Waals surface area contributed by atoms with Gasteiger partial charge in [0.05, 0.1) is 4.90 Å². The van der Waals surface area contributed by atoms with E-state index in [1.54, 1.807) is 7.05 Å². The molecule has 4 nitrogen and oxygen atoms in total. The molecule has 0 aromatic heterocycles. The Hall–Kier alpha value is -0.910. The van der Waals surface area contributed by atoms with E-state index < -0.39 is 10.0 Å². The molecular weight excluding hydrogens is 284 g/mol. The second-order valence-corrected chi connectivity index (χ2v) is 7.77. The molecule has 0 atom stereocenters. The van der Waals surface area contributed by atoms with E-state index in [1.807, 2.05) is 45.9 Å². The molecule has 0 saturated heterocycles. The first-order valence-corrected chi connectivity index (χ1v) is 9.05. The molecule has 1 aromatic rings. The lowest BCUT2D eigenvalue weighted by Crippen LogP contribution is -2.31. The van der Waals surface area contributed by atoms with Crippen LogP contribution < -0.4 is 5.32 Å². The SMILES string of the molecule is CCNCc1ccc(CC)c(S(=O)(=O)N(C)CC(C)C)c1. The summed E-state index contributed by atoms with van der Waals surface area (Å²) in [4.78, 5) is 0.448. The van der Waals surface area contributed by atoms with Crippen LogP contribution in [0.3, 0.4) is 0 Å². The van der Waals surface area contributed by atoms with Crippen LogP contribution >= 0.6 is 0 Å². The maximum Gasteiger partial charge on any atom is 0.243 e. The molecule has 0 amide bonds. The number of nitrogens with zero attached hydrogens (tertiary/aromatic N) is 1. The smallest absolute Gasteiger partial charge is 0.243 e. The fourth-order valence-corrected chi connectivity index (χ4v) is 3.96. The first-order chi connectivity index (χ1) is 9.82. The molecule has 1 N–H and O–H groups in total. The van der Waals surface area contributed by atoms with Gasteiger partial charge in [0.2, 0.25) is 10.0 Å². The van der Waals surface area contributed by atoms with Crippen molar-refractivity contribution in [1.29, 1.82) is 0 Å². The summed E-state index contributed by atoms with van der Waals surface area (Å²) >= 11 is 0. The molecule has 0 aliphatic carbocycles. The second kappa shape index (κ2) is 7.92. The minimum absolute atomic E-state index is 0.305. The van der Waals surface area contributed by atoms with E-state index in [0.717, 1.165) is 17.7 Å². The maximum atomic E-state index is 12.8. The van der Waals surface area contributed by atoms with E-state index in [4.69, 9.17) is 0 Å². The molecule has 0 aliphatic heterocycles. The Morgan fingerprint density at radius 2 is 1.90 bits per heavy atom. The molecule has 5 heteroatoms. The molecule has 1 rings (SSSR count). The predicted molar refractivity (Wildman–Crippen MR) is 87.9 cm³/mol. The lowest BCUT2D eigenvalue weighted by Gasteiger charge is -2.21. The van der Waals surface area contributed by atoms with Gasteiger partial charge < -0.3 is 5.32 Å². The van der Waals surface area contributed by atoms with Crippen molar-refractivity contribution in [2.24, 2.45) is 5.92 Å². The third-order valence-corrected chi connectivity index (χ3v) is 5.31. The summed E-state index contributed by atoms with van der Waals surface area (Å²) in [5, 5.41) is 3.23. The van der Waals surface area contributed by atoms with Crippen molar-refractivity contribution in [2.75, 3.05) is 20.1 Å². The summed E-state index contributed by atoms with van der Waals surface area (Å²) in [5.41, 5.74) is 1.89. The van der Waals surface area contributed by atoms with Crippen LogP contribution in [0, 0.1) is 5.92 Å². The highest BCUT2D eigenvalue weighted by atomic mass is 32.2. The summed E-state index contributed by atoms with van der Waals surface area (Å²) in [6.45, 7) is 10.2. The second-order valence-electron chi connectivity index (χ2n) is 5.76. The van der Waals surface area contributed by atoms with Gasteiger partial charge in [0, 0.05) is 20.1 Å². The Bertz CT molecular complexity index is 553. The van der Waals surface area contributed by atoms with E-state index >= 15 is 0 Å². The van der Waals surface area contributed by atoms with Gasteiger partial charge in [0.15, 0.2) is 0 Å². The molecule has 0 fully saturated rings. The molecule has 0 unspecified atom stereocenters. The van der Waals surface area contributed by atoms with E-state index in [0.29, 0.717) is 30.3 Å². The van der Waals surface area contributed by atoms with Crippen LogP contribution in [0.1, 0.15) is 38.8 Å². The third-order valence-electron chi connectivity index (χ3n) is 3.40. The van der Waals surface area contributed by atoms with E-state index in [9.17, 15) is 8.42 Å². The fraction of sp³-hybridized carbons (Fsp3) is 0.625. The van der Waals surface area contributed by atoms with Gasteiger partial charge in [0.1, 0.15) is 0 Å². The van der Waals surface area contributed by atoms with E-state index in [1.165, 1.54) is 4.31 Å². The van der Waals surface area contributed by atoms with Gasteiger partial charge in [-0.2, -0.15) is 0 Å². The number of hydrogen-bond donors (Lipinski definition) is 1. The molecule has 0 aliphatic rings. The summed E-state index contributed by atoms with van der Waals surface area (Å²) in [7, 11) is -1.76. The molecule has 0 radical (unpaired) electrons. The Labute approximate surface area is 129 Å². The molecule has 21 heavy (non-hydrogen) atoms. The largest absolute Gasteiger partial charge is 0.313 e. The monoisotopic (exact) mass is 312 g/mol. The summed E-state index contributed by atoms with van der Waals surface area (Å²) in [5.74, 6) is 0.305. The van der Waals surface area contributed by atoms with Crippen LogP contribution in [0.4, 0.5) is 0 Å². The first-order valence-electron chi connectivity index (χ1n) is 7.61. The Morgan fingerprint density at radius 1 is 1.24 bits per heavy atom. The highest BCUT2D eigenvalue weighted by molar-refractivity contribution is 7.89. The lowest BCUT2D eigenvalue weighted by atomic mass is 10.1. The number of rotatable bonds is 8. The number of sulfonamides is 1. The average molecular weight is 312 g/mol. The van der Waals surface area contributed by atoms with Crippen LogP contribution in [0.25, 0.3) is 0 Å². The molecule has 0 heterocycles. The van der Waals surface area contributed by atoms with Gasteiger partial charge in [-0.25, -0.2) is 12.7 Å². The number of nitrogens with one attached hydrogen (secondary N) is 1. The van der Waals surface area contributed by atoms with Gasteiger partial charge in [-0.05, 0) is 36.1 Å². The number of aryl methyl sites for hydroxylation is 1. The van der Waals surface area contributed by atoms with Crippen LogP contribution in [0.2, 0.25) is 0 Å². The zero-order valence-corrected chi connectivity index (χ0v) is 14.6. The van der Waals surface area contributed by atoms with Crippen molar-refractivity contribution >= 4 is 10.0 Å². The minimum atomic E-state index is -3.42. The quantitative estimate of drug-likeness (QED) is 0.803. The predicted octanol–water partition coefficient (Wildman–Crippen LogP) is 2.64. The van der Waals surface area contributed by atoms with Crippen LogP contribution in [0.15, 0.2) is 23.1 Å². The maximum absolute atomic E-state index is 12.8. The third kappa shape index (κ3) is 4.80.